The molecule has 1 aliphatic rings. The van der Waals surface area contributed by atoms with Gasteiger partial charge in [0.15, 0.2) is 0 Å². The smallest absolute Gasteiger partial charge is 0.247 e. The zero-order valence-electron chi connectivity index (χ0n) is 10.7. The van der Waals surface area contributed by atoms with E-state index in [0.717, 1.165) is 31.5 Å². The summed E-state index contributed by atoms with van der Waals surface area (Å²) in [4.78, 5) is 13.4. The van der Waals surface area contributed by atoms with Crippen LogP contribution in [0.3, 0.4) is 0 Å². The molecule has 2 rings (SSSR count). The molecule has 0 bridgehead atoms. The highest BCUT2D eigenvalue weighted by Crippen LogP contribution is 2.26. The summed E-state index contributed by atoms with van der Waals surface area (Å²) in [7, 11) is 0. The highest BCUT2D eigenvalue weighted by atomic mass is 16.3. The van der Waals surface area contributed by atoms with Crippen molar-refractivity contribution in [2.75, 3.05) is 18.1 Å². The van der Waals surface area contributed by atoms with Crippen LogP contribution >= 0.6 is 0 Å². The van der Waals surface area contributed by atoms with Gasteiger partial charge in [0.05, 0.1) is 11.3 Å². The van der Waals surface area contributed by atoms with Gasteiger partial charge in [-0.2, -0.15) is 5.26 Å². The molecule has 1 saturated heterocycles. The number of hydrogen-bond acceptors (Lipinski definition) is 4. The molecule has 0 aromatic heterocycles. The Morgan fingerprint density at radius 1 is 1.47 bits per heavy atom. The Hall–Kier alpha value is -2.06. The first-order chi connectivity index (χ1) is 9.26. The molecule has 1 aromatic rings. The first kappa shape index (κ1) is 13.4. The number of piperidine rings is 1. The molecule has 0 saturated carbocycles. The van der Waals surface area contributed by atoms with Crippen molar-refractivity contribution in [1.29, 1.82) is 5.26 Å². The molecule has 1 atom stereocenters. The number of nitriles is 1. The average Bonchev–Trinajstić information content (AvgIpc) is 2.47. The molecule has 0 spiro atoms. The van der Waals surface area contributed by atoms with Gasteiger partial charge in [-0.05, 0) is 31.4 Å². The summed E-state index contributed by atoms with van der Waals surface area (Å²) in [5, 5.41) is 20.8. The average molecular weight is 259 g/mol. The first-order valence-electron chi connectivity index (χ1n) is 6.42. The van der Waals surface area contributed by atoms with Crippen LogP contribution in [-0.2, 0) is 4.79 Å². The van der Waals surface area contributed by atoms with Crippen molar-refractivity contribution in [1.82, 2.24) is 5.32 Å². The Bertz CT molecular complexity index is 496. The topological polar surface area (TPSA) is 76.4 Å². The standard InChI is InChI=1S/C14H17N3O2/c15-9-11-5-1-2-6-12(11)17-8-4-3-7-13(17)16-14(19)10-18/h1-2,5-6,13,18H,3-4,7-8,10H2,(H,16,19). The van der Waals surface area contributed by atoms with Crippen molar-refractivity contribution in [3.63, 3.8) is 0 Å². The van der Waals surface area contributed by atoms with E-state index in [0.29, 0.717) is 5.56 Å². The van der Waals surface area contributed by atoms with Crippen LogP contribution in [0.25, 0.3) is 0 Å². The van der Waals surface area contributed by atoms with Crippen LogP contribution in [0.5, 0.6) is 0 Å². The number of aliphatic hydroxyl groups is 1. The molecule has 1 heterocycles. The molecular weight excluding hydrogens is 242 g/mol. The number of benzene rings is 1. The molecule has 1 fully saturated rings. The normalized spacial score (nSPS) is 18.7. The number of para-hydroxylation sites is 1. The summed E-state index contributed by atoms with van der Waals surface area (Å²) in [6.07, 6.45) is 2.74. The van der Waals surface area contributed by atoms with Gasteiger partial charge >= 0.3 is 0 Å². The van der Waals surface area contributed by atoms with Crippen LogP contribution in [0, 0.1) is 11.3 Å². The largest absolute Gasteiger partial charge is 0.387 e. The molecule has 1 amide bonds. The van der Waals surface area contributed by atoms with E-state index in [4.69, 9.17) is 10.4 Å². The first-order valence-corrected chi connectivity index (χ1v) is 6.42. The highest BCUT2D eigenvalue weighted by molar-refractivity contribution is 5.77. The van der Waals surface area contributed by atoms with E-state index >= 15 is 0 Å². The maximum absolute atomic E-state index is 11.4. The van der Waals surface area contributed by atoms with Crippen LogP contribution in [0.4, 0.5) is 5.69 Å². The number of nitrogens with one attached hydrogen (secondary N) is 1. The van der Waals surface area contributed by atoms with E-state index in [1.165, 1.54) is 0 Å². The van der Waals surface area contributed by atoms with Gasteiger partial charge in [0.2, 0.25) is 5.91 Å². The Balaban J connectivity index is 2.24. The number of nitrogens with zero attached hydrogens (tertiary/aromatic N) is 2. The Labute approximate surface area is 112 Å². The molecule has 100 valence electrons. The summed E-state index contributed by atoms with van der Waals surface area (Å²) >= 11 is 0. The van der Waals surface area contributed by atoms with Crippen molar-refractivity contribution in [2.45, 2.75) is 25.4 Å². The summed E-state index contributed by atoms with van der Waals surface area (Å²) < 4.78 is 0. The molecule has 1 aliphatic heterocycles. The van der Waals surface area contributed by atoms with Gasteiger partial charge in [0.1, 0.15) is 18.8 Å². The fraction of sp³-hybridized carbons (Fsp3) is 0.429. The molecular formula is C14H17N3O2. The molecule has 0 aliphatic carbocycles. The third-order valence-electron chi connectivity index (χ3n) is 3.31. The maximum Gasteiger partial charge on any atom is 0.247 e. The lowest BCUT2D eigenvalue weighted by Gasteiger charge is -2.38. The van der Waals surface area contributed by atoms with E-state index in [1.54, 1.807) is 6.07 Å². The van der Waals surface area contributed by atoms with Crippen molar-refractivity contribution in [3.05, 3.63) is 29.8 Å². The van der Waals surface area contributed by atoms with Crippen LogP contribution < -0.4 is 10.2 Å². The zero-order valence-corrected chi connectivity index (χ0v) is 10.7. The molecule has 1 aromatic carbocycles. The predicted octanol–water partition coefficient (Wildman–Crippen LogP) is 0.983. The molecule has 5 heteroatoms. The van der Waals surface area contributed by atoms with Gasteiger partial charge in [0.25, 0.3) is 0 Å². The number of anilines is 1. The Kier molecular flexibility index (Phi) is 4.37. The fourth-order valence-corrected chi connectivity index (χ4v) is 2.42. The van der Waals surface area contributed by atoms with Gasteiger partial charge in [-0.3, -0.25) is 4.79 Å². The molecule has 2 N–H and O–H groups in total. The highest BCUT2D eigenvalue weighted by Gasteiger charge is 2.25. The van der Waals surface area contributed by atoms with E-state index in [1.807, 2.05) is 23.1 Å². The Morgan fingerprint density at radius 3 is 3.00 bits per heavy atom. The number of aliphatic hydroxyl groups excluding tert-OH is 1. The van der Waals surface area contributed by atoms with Crippen LogP contribution in [0.1, 0.15) is 24.8 Å². The van der Waals surface area contributed by atoms with Crippen LogP contribution in [-0.4, -0.2) is 30.3 Å². The maximum atomic E-state index is 11.4. The fourth-order valence-electron chi connectivity index (χ4n) is 2.42. The van der Waals surface area contributed by atoms with E-state index in [9.17, 15) is 4.79 Å². The van der Waals surface area contributed by atoms with E-state index in [2.05, 4.69) is 11.4 Å². The predicted molar refractivity (Wildman–Crippen MR) is 71.4 cm³/mol. The minimum Gasteiger partial charge on any atom is -0.387 e. The molecule has 1 unspecified atom stereocenters. The summed E-state index contributed by atoms with van der Waals surface area (Å²) in [6.45, 7) is 0.291. The number of amides is 1. The second-order valence-corrected chi connectivity index (χ2v) is 4.56. The Morgan fingerprint density at radius 2 is 2.26 bits per heavy atom. The monoisotopic (exact) mass is 259 g/mol. The quantitative estimate of drug-likeness (QED) is 0.848. The van der Waals surface area contributed by atoms with Gasteiger partial charge in [-0.1, -0.05) is 12.1 Å². The lowest BCUT2D eigenvalue weighted by atomic mass is 10.0. The van der Waals surface area contributed by atoms with Crippen molar-refractivity contribution < 1.29 is 9.90 Å². The number of hydrogen-bond donors (Lipinski definition) is 2. The van der Waals surface area contributed by atoms with E-state index < -0.39 is 6.61 Å². The second-order valence-electron chi connectivity index (χ2n) is 4.56. The van der Waals surface area contributed by atoms with Crippen molar-refractivity contribution in [3.8, 4) is 6.07 Å². The van der Waals surface area contributed by atoms with Gasteiger partial charge in [0, 0.05) is 6.54 Å². The van der Waals surface area contributed by atoms with Gasteiger partial charge in [-0.15, -0.1) is 0 Å². The third-order valence-corrected chi connectivity index (χ3v) is 3.31. The summed E-state index contributed by atoms with van der Waals surface area (Å²) in [5.74, 6) is -0.383. The third kappa shape index (κ3) is 3.04. The summed E-state index contributed by atoms with van der Waals surface area (Å²) in [6, 6.07) is 9.55. The summed E-state index contributed by atoms with van der Waals surface area (Å²) in [5.41, 5.74) is 1.44. The molecule has 0 radical (unpaired) electrons. The minimum absolute atomic E-state index is 0.150. The minimum atomic E-state index is -0.510. The van der Waals surface area contributed by atoms with E-state index in [-0.39, 0.29) is 12.1 Å². The van der Waals surface area contributed by atoms with Crippen LogP contribution in [0.2, 0.25) is 0 Å². The van der Waals surface area contributed by atoms with Gasteiger partial charge in [-0.25, -0.2) is 0 Å². The SMILES string of the molecule is N#Cc1ccccc1N1CCCCC1NC(=O)CO. The molecule has 19 heavy (non-hydrogen) atoms. The van der Waals surface area contributed by atoms with Crippen molar-refractivity contribution in [2.24, 2.45) is 0 Å². The van der Waals surface area contributed by atoms with Crippen molar-refractivity contribution >= 4 is 11.6 Å². The lowest BCUT2D eigenvalue weighted by Crippen LogP contribution is -2.51. The molecule has 5 nitrogen and oxygen atoms in total. The number of carbonyl (C=O) groups excluding carboxylic acids is 1. The number of carbonyl (C=O) groups is 1. The second kappa shape index (κ2) is 6.21. The zero-order chi connectivity index (χ0) is 13.7. The van der Waals surface area contributed by atoms with Gasteiger partial charge < -0.3 is 15.3 Å². The lowest BCUT2D eigenvalue weighted by molar-refractivity contribution is -0.124. The number of rotatable bonds is 3. The van der Waals surface area contributed by atoms with Crippen LogP contribution in [0.15, 0.2) is 24.3 Å².